The van der Waals surface area contributed by atoms with Crippen molar-refractivity contribution < 1.29 is 27.1 Å². The smallest absolute Gasteiger partial charge is 0.406 e. The Kier molecular flexibility index (Phi) is 8.10. The number of carbonyl (C=O) groups is 1. The van der Waals surface area contributed by atoms with Crippen molar-refractivity contribution in [3.05, 3.63) is 78.6 Å². The Hall–Kier alpha value is -4.12. The van der Waals surface area contributed by atoms with Gasteiger partial charge in [0.05, 0.1) is 0 Å². The van der Waals surface area contributed by atoms with Crippen LogP contribution in [-0.4, -0.2) is 53.2 Å². The van der Waals surface area contributed by atoms with Crippen LogP contribution in [-0.2, 0) is 0 Å². The molecule has 12 heteroatoms. The van der Waals surface area contributed by atoms with Crippen molar-refractivity contribution >= 4 is 40.7 Å². The highest BCUT2D eigenvalue weighted by molar-refractivity contribution is 6.00. The van der Waals surface area contributed by atoms with Gasteiger partial charge in [-0.1, -0.05) is 24.3 Å². The van der Waals surface area contributed by atoms with E-state index in [1.54, 1.807) is 17.0 Å². The monoisotopic (exact) mass is 561 g/mol. The molecule has 1 saturated heterocycles. The van der Waals surface area contributed by atoms with E-state index in [2.05, 4.69) is 25.2 Å². The zero-order valence-corrected chi connectivity index (χ0v) is 21.5. The number of halogens is 5. The number of ether oxygens (including phenoxy) is 1. The Morgan fingerprint density at radius 2 is 1.62 bits per heavy atom. The summed E-state index contributed by atoms with van der Waals surface area (Å²) >= 11 is 0. The van der Waals surface area contributed by atoms with Crippen molar-refractivity contribution in [1.29, 1.82) is 0 Å². The van der Waals surface area contributed by atoms with Gasteiger partial charge in [0.15, 0.2) is 5.82 Å². The first-order chi connectivity index (χ1) is 18.2. The number of amides is 2. The molecule has 2 heterocycles. The van der Waals surface area contributed by atoms with E-state index in [1.807, 2.05) is 31.2 Å². The lowest BCUT2D eigenvalue weighted by Crippen LogP contribution is -2.55. The van der Waals surface area contributed by atoms with E-state index >= 15 is 0 Å². The first kappa shape index (κ1) is 27.9. The van der Waals surface area contributed by atoms with E-state index in [0.717, 1.165) is 28.5 Å². The molecule has 39 heavy (non-hydrogen) atoms. The number of anilines is 2. The highest BCUT2D eigenvalue weighted by Gasteiger charge is 2.31. The highest BCUT2D eigenvalue weighted by Crippen LogP contribution is 2.32. The molecule has 2 amide bonds. The molecule has 0 saturated carbocycles. The average Bonchev–Trinajstić information content (AvgIpc) is 2.89. The lowest BCUT2D eigenvalue weighted by atomic mass is 10.0. The predicted octanol–water partition coefficient (Wildman–Crippen LogP) is 6.50. The molecule has 7 nitrogen and oxygen atoms in total. The van der Waals surface area contributed by atoms with E-state index in [-0.39, 0.29) is 36.0 Å². The summed E-state index contributed by atoms with van der Waals surface area (Å²) in [6, 6.07) is 18.3. The molecular formula is C27H24ClF4N5O2. The number of carbonyl (C=O) groups excluding carboxylic acids is 1. The lowest BCUT2D eigenvalue weighted by molar-refractivity contribution is -0.274. The molecule has 4 aromatic rings. The van der Waals surface area contributed by atoms with Crippen LogP contribution in [0.2, 0.25) is 0 Å². The summed E-state index contributed by atoms with van der Waals surface area (Å²) in [5.41, 5.74) is 1.77. The average molecular weight is 562 g/mol. The van der Waals surface area contributed by atoms with E-state index in [0.29, 0.717) is 36.8 Å². The van der Waals surface area contributed by atoms with Crippen molar-refractivity contribution in [2.24, 2.45) is 0 Å². The maximum absolute atomic E-state index is 13.4. The van der Waals surface area contributed by atoms with Gasteiger partial charge in [0.2, 0.25) is 0 Å². The maximum Gasteiger partial charge on any atom is 0.573 e. The van der Waals surface area contributed by atoms with Gasteiger partial charge in [-0.25, -0.2) is 9.18 Å². The molecular weight excluding hydrogens is 538 g/mol. The topological polar surface area (TPSA) is 70.6 Å². The fraction of sp³-hybridized carbons (Fsp3) is 0.222. The third-order valence-electron chi connectivity index (χ3n) is 6.31. The Bertz CT molecular complexity index is 1450. The van der Waals surface area contributed by atoms with Crippen LogP contribution in [0.25, 0.3) is 22.0 Å². The summed E-state index contributed by atoms with van der Waals surface area (Å²) in [7, 11) is 0. The number of fused-ring (bicyclic) bond motifs is 1. The van der Waals surface area contributed by atoms with Crippen molar-refractivity contribution in [2.75, 3.05) is 29.9 Å². The predicted molar refractivity (Wildman–Crippen MR) is 143 cm³/mol. The van der Waals surface area contributed by atoms with Gasteiger partial charge in [-0.2, -0.15) is 0 Å². The van der Waals surface area contributed by atoms with Gasteiger partial charge in [-0.05, 0) is 55.5 Å². The standard InChI is InChI=1S/C27H23F4N5O2.ClH/c1-17-16-35(14-15-36(17)26(37)32-20-10-12-21(13-11-20)38-27(29,30)31)25-23-5-3-2-4-22(23)24(33-34-25)18-6-8-19(28)9-7-18;/h2-13,17H,14-16H2,1H3,(H,32,37);1H. The molecule has 0 bridgehead atoms. The third kappa shape index (κ3) is 6.31. The Morgan fingerprint density at radius 1 is 0.949 bits per heavy atom. The van der Waals surface area contributed by atoms with E-state index in [9.17, 15) is 22.4 Å². The molecule has 0 aliphatic carbocycles. The highest BCUT2D eigenvalue weighted by atomic mass is 35.5. The Balaban J connectivity index is 0.00000353. The molecule has 1 fully saturated rings. The van der Waals surface area contributed by atoms with Gasteiger partial charge in [-0.3, -0.25) is 0 Å². The minimum absolute atomic E-state index is 0. The summed E-state index contributed by atoms with van der Waals surface area (Å²) in [6.07, 6.45) is -4.78. The zero-order chi connectivity index (χ0) is 26.9. The molecule has 1 aromatic heterocycles. The Morgan fingerprint density at radius 3 is 2.26 bits per heavy atom. The van der Waals surface area contributed by atoms with Gasteiger partial charge in [0.25, 0.3) is 0 Å². The second-order valence-electron chi connectivity index (χ2n) is 8.92. The second-order valence-corrected chi connectivity index (χ2v) is 8.92. The lowest BCUT2D eigenvalue weighted by Gasteiger charge is -2.40. The van der Waals surface area contributed by atoms with Crippen molar-refractivity contribution in [1.82, 2.24) is 15.1 Å². The van der Waals surface area contributed by atoms with Crippen LogP contribution in [0, 0.1) is 5.82 Å². The van der Waals surface area contributed by atoms with Crippen molar-refractivity contribution in [2.45, 2.75) is 19.3 Å². The normalized spacial score (nSPS) is 15.6. The molecule has 3 aromatic carbocycles. The minimum Gasteiger partial charge on any atom is -0.406 e. The van der Waals surface area contributed by atoms with E-state index < -0.39 is 6.36 Å². The van der Waals surface area contributed by atoms with Crippen molar-refractivity contribution in [3.8, 4) is 17.0 Å². The van der Waals surface area contributed by atoms with Gasteiger partial charge in [-0.15, -0.1) is 35.8 Å². The summed E-state index contributed by atoms with van der Waals surface area (Å²) in [4.78, 5) is 16.6. The number of piperazine rings is 1. The molecule has 1 N–H and O–H groups in total. The van der Waals surface area contributed by atoms with Gasteiger partial charge in [0.1, 0.15) is 17.3 Å². The number of urea groups is 1. The van der Waals surface area contributed by atoms with Crippen LogP contribution in [0.4, 0.5) is 33.9 Å². The summed E-state index contributed by atoms with van der Waals surface area (Å²) in [6.45, 7) is 3.32. The first-order valence-corrected chi connectivity index (χ1v) is 11.9. The third-order valence-corrected chi connectivity index (χ3v) is 6.31. The number of nitrogens with zero attached hydrogens (tertiary/aromatic N) is 4. The van der Waals surface area contributed by atoms with Gasteiger partial charge in [0, 0.05) is 47.7 Å². The van der Waals surface area contributed by atoms with Crippen LogP contribution < -0.4 is 15.0 Å². The number of rotatable bonds is 4. The van der Waals surface area contributed by atoms with E-state index in [1.165, 1.54) is 24.3 Å². The summed E-state index contributed by atoms with van der Waals surface area (Å²) in [5, 5.41) is 13.5. The SMILES string of the molecule is CC1CN(c2nnc(-c3ccc(F)cc3)c3ccccc23)CCN1C(=O)Nc1ccc(OC(F)(F)F)cc1.Cl. The second kappa shape index (κ2) is 11.3. The zero-order valence-electron chi connectivity index (χ0n) is 20.7. The van der Waals surface area contributed by atoms with Crippen LogP contribution >= 0.6 is 12.4 Å². The molecule has 1 unspecified atom stereocenters. The quantitative estimate of drug-likeness (QED) is 0.288. The van der Waals surface area contributed by atoms with Gasteiger partial charge < -0.3 is 19.9 Å². The van der Waals surface area contributed by atoms with Crippen LogP contribution in [0.3, 0.4) is 0 Å². The molecule has 1 aliphatic heterocycles. The molecule has 0 radical (unpaired) electrons. The fourth-order valence-electron chi connectivity index (χ4n) is 4.53. The molecule has 204 valence electrons. The molecule has 1 aliphatic rings. The summed E-state index contributed by atoms with van der Waals surface area (Å²) < 4.78 is 54.4. The van der Waals surface area contributed by atoms with Gasteiger partial charge >= 0.3 is 12.4 Å². The number of alkyl halides is 3. The van der Waals surface area contributed by atoms with Crippen LogP contribution in [0.15, 0.2) is 72.8 Å². The summed E-state index contributed by atoms with van der Waals surface area (Å²) in [5.74, 6) is 0.000836. The molecule has 0 spiro atoms. The minimum atomic E-state index is -4.78. The number of hydrogen-bond acceptors (Lipinski definition) is 5. The number of hydrogen-bond donors (Lipinski definition) is 1. The van der Waals surface area contributed by atoms with E-state index in [4.69, 9.17) is 0 Å². The molecule has 5 rings (SSSR count). The van der Waals surface area contributed by atoms with Crippen LogP contribution in [0.5, 0.6) is 5.75 Å². The largest absolute Gasteiger partial charge is 0.573 e. The first-order valence-electron chi connectivity index (χ1n) is 11.9. The Labute approximate surface area is 227 Å². The number of aromatic nitrogens is 2. The number of nitrogens with one attached hydrogen (secondary N) is 1. The van der Waals surface area contributed by atoms with Crippen LogP contribution in [0.1, 0.15) is 6.92 Å². The number of benzene rings is 3. The van der Waals surface area contributed by atoms with Crippen molar-refractivity contribution in [3.63, 3.8) is 0 Å². The molecule has 1 atom stereocenters. The fourth-order valence-corrected chi connectivity index (χ4v) is 4.53. The maximum atomic E-state index is 13.4.